The Morgan fingerprint density at radius 2 is 1.05 bits per heavy atom. The highest BCUT2D eigenvalue weighted by Gasteiger charge is 2.71. The Bertz CT molecular complexity index is 996. The van der Waals surface area contributed by atoms with Gasteiger partial charge in [0.1, 0.15) is 0 Å². The first kappa shape index (κ1) is 27.5. The number of ether oxygens (including phenoxy) is 4. The van der Waals surface area contributed by atoms with E-state index in [0.29, 0.717) is 0 Å². The van der Waals surface area contributed by atoms with Gasteiger partial charge in [-0.05, 0) is 66.7 Å². The molecule has 0 amide bonds. The van der Waals surface area contributed by atoms with Crippen LogP contribution < -0.4 is 0 Å². The van der Waals surface area contributed by atoms with Crippen molar-refractivity contribution in [1.29, 1.82) is 0 Å². The van der Waals surface area contributed by atoms with E-state index in [1.165, 1.54) is 0 Å². The zero-order valence-corrected chi connectivity index (χ0v) is 24.3. The molecule has 0 saturated carbocycles. The Hall–Kier alpha value is -1.38. The maximum Gasteiger partial charge on any atom is 0.311 e. The molecule has 10 fully saturated rings. The summed E-state index contributed by atoms with van der Waals surface area (Å²) in [5.41, 5.74) is -1.37. The van der Waals surface area contributed by atoms with Gasteiger partial charge in [-0.3, -0.25) is 9.59 Å². The Labute approximate surface area is 234 Å². The standard InChI is InChI=1S/2C14H21NO5/c2*1-8-9-5-7-15(3)10-4-6-13(2)18-12(17-11(8)16)14(9,10)20-19-13/h2*8-10,12H,4-7H2,1-3H3/t2*8-,9+,10-,12-,13-,14+/m11/s1. The fourth-order valence-electron chi connectivity index (χ4n) is 8.76. The number of piperidine rings is 2. The molecule has 10 aliphatic heterocycles. The zero-order chi connectivity index (χ0) is 28.2. The van der Waals surface area contributed by atoms with Crippen LogP contribution in [0.15, 0.2) is 0 Å². The first-order chi connectivity index (χ1) is 18.9. The highest BCUT2D eigenvalue weighted by atomic mass is 17.3. The Kier molecular flexibility index (Phi) is 6.22. The molecule has 12 nitrogen and oxygen atoms in total. The molecule has 0 aliphatic carbocycles. The summed E-state index contributed by atoms with van der Waals surface area (Å²) in [4.78, 5) is 51.8. The summed E-state index contributed by atoms with van der Waals surface area (Å²) in [5, 5.41) is 0. The fourth-order valence-corrected chi connectivity index (χ4v) is 8.76. The predicted molar refractivity (Wildman–Crippen MR) is 134 cm³/mol. The van der Waals surface area contributed by atoms with E-state index in [0.717, 1.165) is 51.6 Å². The van der Waals surface area contributed by atoms with E-state index in [-0.39, 0.29) is 47.7 Å². The Morgan fingerprint density at radius 1 is 0.650 bits per heavy atom. The van der Waals surface area contributed by atoms with Gasteiger partial charge in [0.2, 0.25) is 24.2 Å². The lowest BCUT2D eigenvalue weighted by Gasteiger charge is -2.58. The van der Waals surface area contributed by atoms with Crippen molar-refractivity contribution in [2.75, 3.05) is 27.2 Å². The number of nitrogens with zero attached hydrogens (tertiary/aromatic N) is 2. The lowest BCUT2D eigenvalue weighted by molar-refractivity contribution is -0.557. The molecule has 0 unspecified atom stereocenters. The zero-order valence-electron chi connectivity index (χ0n) is 24.3. The molecule has 0 aromatic carbocycles. The minimum absolute atomic E-state index is 0.0811. The van der Waals surface area contributed by atoms with Crippen molar-refractivity contribution in [3.05, 3.63) is 0 Å². The molecular weight excluding hydrogens is 524 g/mol. The molecule has 10 saturated heterocycles. The predicted octanol–water partition coefficient (Wildman–Crippen LogP) is 2.11. The number of carbonyl (C=O) groups is 2. The molecule has 0 radical (unpaired) electrons. The second kappa shape index (κ2) is 9.06. The first-order valence-corrected chi connectivity index (χ1v) is 14.8. The van der Waals surface area contributed by atoms with E-state index < -0.39 is 35.4 Å². The average molecular weight is 567 g/mol. The first-order valence-electron chi connectivity index (χ1n) is 14.8. The van der Waals surface area contributed by atoms with Crippen molar-refractivity contribution in [3.8, 4) is 0 Å². The molecule has 10 aliphatic rings. The van der Waals surface area contributed by atoms with Crippen molar-refractivity contribution >= 4 is 11.9 Å². The van der Waals surface area contributed by atoms with Gasteiger partial charge in [0.05, 0.1) is 11.8 Å². The van der Waals surface area contributed by atoms with Gasteiger partial charge in [-0.25, -0.2) is 19.6 Å². The van der Waals surface area contributed by atoms with Gasteiger partial charge in [-0.1, -0.05) is 13.8 Å². The maximum absolute atomic E-state index is 12.1. The number of rotatable bonds is 0. The average Bonchev–Trinajstić information content (AvgIpc) is 3.28. The molecule has 0 N–H and O–H groups in total. The van der Waals surface area contributed by atoms with Gasteiger partial charge in [0.15, 0.2) is 11.2 Å². The van der Waals surface area contributed by atoms with Crippen molar-refractivity contribution < 1.29 is 48.1 Å². The second-order valence-corrected chi connectivity index (χ2v) is 13.5. The lowest BCUT2D eigenvalue weighted by atomic mass is 9.67. The molecule has 10 heterocycles. The van der Waals surface area contributed by atoms with Crippen LogP contribution in [0, 0.1) is 23.7 Å². The van der Waals surface area contributed by atoms with Crippen molar-refractivity contribution in [3.63, 3.8) is 0 Å². The lowest BCUT2D eigenvalue weighted by Crippen LogP contribution is -2.73. The van der Waals surface area contributed by atoms with Crippen molar-refractivity contribution in [2.24, 2.45) is 23.7 Å². The van der Waals surface area contributed by atoms with Gasteiger partial charge >= 0.3 is 11.9 Å². The molecule has 10 rings (SSSR count). The van der Waals surface area contributed by atoms with Crippen LogP contribution in [0.1, 0.15) is 66.2 Å². The number of likely N-dealkylation sites (N-methyl/N-ethyl adjacent to an activating group) is 2. The van der Waals surface area contributed by atoms with E-state index in [2.05, 4.69) is 23.9 Å². The van der Waals surface area contributed by atoms with Crippen LogP contribution in [0.3, 0.4) is 0 Å². The number of carbonyl (C=O) groups excluding carboxylic acids is 2. The maximum atomic E-state index is 12.1. The van der Waals surface area contributed by atoms with Gasteiger partial charge in [0.25, 0.3) is 0 Å². The minimum Gasteiger partial charge on any atom is -0.432 e. The summed E-state index contributed by atoms with van der Waals surface area (Å²) in [6.45, 7) is 9.45. The highest BCUT2D eigenvalue weighted by molar-refractivity contribution is 5.74. The molecule has 0 aromatic rings. The Morgan fingerprint density at radius 3 is 1.45 bits per heavy atom. The van der Waals surface area contributed by atoms with E-state index >= 15 is 0 Å². The molecule has 12 heteroatoms. The van der Waals surface area contributed by atoms with Crippen LogP contribution in [0.25, 0.3) is 0 Å². The fraction of sp³-hybridized carbons (Fsp3) is 0.929. The molecule has 2 spiro atoms. The van der Waals surface area contributed by atoms with Crippen LogP contribution >= 0.6 is 0 Å². The molecule has 224 valence electrons. The van der Waals surface area contributed by atoms with Gasteiger partial charge in [-0.2, -0.15) is 0 Å². The van der Waals surface area contributed by atoms with Gasteiger partial charge in [0, 0.05) is 36.8 Å². The quantitative estimate of drug-likeness (QED) is 0.316. The third-order valence-electron chi connectivity index (χ3n) is 11.2. The molecular formula is C28H42N2O10. The normalized spacial score (nSPS) is 55.0. The summed E-state index contributed by atoms with van der Waals surface area (Å²) in [5.74, 6) is -2.22. The van der Waals surface area contributed by atoms with Crippen LogP contribution in [-0.2, 0) is 48.1 Å². The van der Waals surface area contributed by atoms with Crippen molar-refractivity contribution in [1.82, 2.24) is 9.80 Å². The number of esters is 2. The van der Waals surface area contributed by atoms with Gasteiger partial charge < -0.3 is 28.7 Å². The monoisotopic (exact) mass is 566 g/mol. The Balaban J connectivity index is 0.000000132. The summed E-state index contributed by atoms with van der Waals surface area (Å²) in [6.07, 6.45) is 3.77. The molecule has 40 heavy (non-hydrogen) atoms. The van der Waals surface area contributed by atoms with E-state index in [1.807, 2.05) is 27.7 Å². The number of likely N-dealkylation sites (tertiary alicyclic amines) is 2. The van der Waals surface area contributed by atoms with Crippen molar-refractivity contribution in [2.45, 2.75) is 114 Å². The molecule has 12 atom stereocenters. The third kappa shape index (κ3) is 3.66. The van der Waals surface area contributed by atoms with E-state index in [9.17, 15) is 9.59 Å². The van der Waals surface area contributed by atoms with E-state index in [1.54, 1.807) is 0 Å². The minimum atomic E-state index is -0.820. The summed E-state index contributed by atoms with van der Waals surface area (Å²) in [6, 6.07) is 0.317. The second-order valence-electron chi connectivity index (χ2n) is 13.5. The molecule has 0 aromatic heterocycles. The van der Waals surface area contributed by atoms with Crippen LogP contribution in [0.4, 0.5) is 0 Å². The summed E-state index contributed by atoms with van der Waals surface area (Å²) >= 11 is 0. The van der Waals surface area contributed by atoms with Crippen LogP contribution in [-0.4, -0.2) is 96.4 Å². The molecule has 4 bridgehead atoms. The highest BCUT2D eigenvalue weighted by Crippen LogP contribution is 2.56. The summed E-state index contributed by atoms with van der Waals surface area (Å²) < 4.78 is 23.1. The van der Waals surface area contributed by atoms with E-state index in [4.69, 9.17) is 38.5 Å². The summed E-state index contributed by atoms with van der Waals surface area (Å²) in [7, 11) is 4.19. The topological polar surface area (TPSA) is 114 Å². The van der Waals surface area contributed by atoms with Crippen LogP contribution in [0.5, 0.6) is 0 Å². The third-order valence-corrected chi connectivity index (χ3v) is 11.2. The van der Waals surface area contributed by atoms with Gasteiger partial charge in [-0.15, -0.1) is 0 Å². The number of hydrogen-bond donors (Lipinski definition) is 0. The number of hydrogen-bond acceptors (Lipinski definition) is 12. The SMILES string of the molecule is C[C@H]1C(=O)O[C@@H]2O[C@@]3(C)CC[C@H]4N(C)CC[C@@H]1[C@@]24OO3.C[C@H]1C(=O)O[C@@H]2O[C@@]3(C)CC[C@H]4N(C)CC[C@@H]1[C@@]24OO3. The largest absolute Gasteiger partial charge is 0.432 e. The smallest absolute Gasteiger partial charge is 0.311 e. The number of fused-ring (bicyclic) bond motifs is 4. The van der Waals surface area contributed by atoms with Crippen LogP contribution in [0.2, 0.25) is 0 Å².